The van der Waals surface area contributed by atoms with Gasteiger partial charge in [-0.15, -0.1) is 11.8 Å². The first-order valence-corrected chi connectivity index (χ1v) is 9.73. The lowest BCUT2D eigenvalue weighted by molar-refractivity contribution is -0.385. The van der Waals surface area contributed by atoms with Crippen molar-refractivity contribution >= 4 is 34.9 Å². The number of carbonyl (C=O) groups excluding carboxylic acids is 1. The van der Waals surface area contributed by atoms with E-state index in [9.17, 15) is 14.9 Å². The second-order valence-corrected chi connectivity index (χ2v) is 7.17. The third kappa shape index (κ3) is 4.55. The zero-order valence-corrected chi connectivity index (χ0v) is 16.0. The van der Waals surface area contributed by atoms with E-state index in [-0.39, 0.29) is 11.3 Å². The Labute approximate surface area is 161 Å². The fourth-order valence-electron chi connectivity index (χ4n) is 2.88. The molecular weight excluding hydrogens is 366 g/mol. The number of rotatable bonds is 5. The van der Waals surface area contributed by atoms with E-state index in [1.807, 2.05) is 12.3 Å². The summed E-state index contributed by atoms with van der Waals surface area (Å²) in [4.78, 5) is 32.8. The van der Waals surface area contributed by atoms with Gasteiger partial charge in [-0.25, -0.2) is 4.98 Å². The number of nitrogens with zero attached hydrogens (tertiary/aromatic N) is 4. The van der Waals surface area contributed by atoms with Gasteiger partial charge in [0, 0.05) is 37.1 Å². The van der Waals surface area contributed by atoms with Crippen LogP contribution in [0.25, 0.3) is 0 Å². The standard InChI is InChI=1S/C18H21N5O3S/c1-21-7-9-22(10-8-21)13-3-6-17(19-12-13)20-18(24)15-11-14(27-2)4-5-16(15)23(25)26/h3-6,11-12H,7-10H2,1-2H3,(H,19,20,24). The number of thioether (sulfide) groups is 1. The molecular formula is C18H21N5O3S. The number of amides is 1. The van der Waals surface area contributed by atoms with Gasteiger partial charge in [0.1, 0.15) is 11.4 Å². The van der Waals surface area contributed by atoms with Gasteiger partial charge < -0.3 is 15.1 Å². The van der Waals surface area contributed by atoms with Crippen LogP contribution in [0.3, 0.4) is 0 Å². The highest BCUT2D eigenvalue weighted by Gasteiger charge is 2.21. The van der Waals surface area contributed by atoms with Gasteiger partial charge in [0.05, 0.1) is 16.8 Å². The fourth-order valence-corrected chi connectivity index (χ4v) is 3.32. The van der Waals surface area contributed by atoms with Crippen LogP contribution in [0.2, 0.25) is 0 Å². The number of likely N-dealkylation sites (N-methyl/N-ethyl adjacent to an activating group) is 1. The topological polar surface area (TPSA) is 91.6 Å². The van der Waals surface area contributed by atoms with Crippen LogP contribution in [-0.2, 0) is 0 Å². The summed E-state index contributed by atoms with van der Waals surface area (Å²) in [5.74, 6) is -0.181. The van der Waals surface area contributed by atoms with Gasteiger partial charge in [0.15, 0.2) is 0 Å². The lowest BCUT2D eigenvalue weighted by atomic mass is 10.1. The molecule has 2 aromatic rings. The summed E-state index contributed by atoms with van der Waals surface area (Å²) in [6, 6.07) is 8.13. The summed E-state index contributed by atoms with van der Waals surface area (Å²) in [5.41, 5.74) is 0.799. The Kier molecular flexibility index (Phi) is 5.92. The van der Waals surface area contributed by atoms with Gasteiger partial charge in [-0.1, -0.05) is 0 Å². The predicted octanol–water partition coefficient (Wildman–Crippen LogP) is 2.72. The molecule has 0 bridgehead atoms. The van der Waals surface area contributed by atoms with Crippen molar-refractivity contribution in [2.24, 2.45) is 0 Å². The van der Waals surface area contributed by atoms with Crippen LogP contribution in [-0.4, -0.2) is 60.2 Å². The van der Waals surface area contributed by atoms with E-state index in [0.717, 1.165) is 36.8 Å². The Balaban J connectivity index is 1.74. The molecule has 1 N–H and O–H groups in total. The Morgan fingerprint density at radius 1 is 1.22 bits per heavy atom. The Morgan fingerprint density at radius 3 is 2.56 bits per heavy atom. The molecule has 3 rings (SSSR count). The minimum absolute atomic E-state index is 0.0248. The van der Waals surface area contributed by atoms with Crippen LogP contribution >= 0.6 is 11.8 Å². The maximum atomic E-state index is 12.5. The monoisotopic (exact) mass is 387 g/mol. The molecule has 9 heteroatoms. The molecule has 1 aliphatic rings. The first-order chi connectivity index (χ1) is 13.0. The van der Waals surface area contributed by atoms with Crippen LogP contribution in [0.4, 0.5) is 17.2 Å². The largest absolute Gasteiger partial charge is 0.368 e. The maximum absolute atomic E-state index is 12.5. The minimum Gasteiger partial charge on any atom is -0.368 e. The quantitative estimate of drug-likeness (QED) is 0.479. The number of nitro benzene ring substituents is 1. The number of carbonyl (C=O) groups is 1. The molecule has 0 spiro atoms. The number of nitrogens with one attached hydrogen (secondary N) is 1. The fraction of sp³-hybridized carbons (Fsp3) is 0.333. The van der Waals surface area contributed by atoms with Crippen molar-refractivity contribution in [3.8, 4) is 0 Å². The molecule has 8 nitrogen and oxygen atoms in total. The Morgan fingerprint density at radius 2 is 1.96 bits per heavy atom. The first-order valence-electron chi connectivity index (χ1n) is 8.51. The molecule has 0 aliphatic carbocycles. The molecule has 0 unspecified atom stereocenters. The average molecular weight is 387 g/mol. The van der Waals surface area contributed by atoms with Gasteiger partial charge in [-0.2, -0.15) is 0 Å². The summed E-state index contributed by atoms with van der Waals surface area (Å²) in [7, 11) is 2.10. The molecule has 27 heavy (non-hydrogen) atoms. The molecule has 1 fully saturated rings. The number of hydrogen-bond acceptors (Lipinski definition) is 7. The van der Waals surface area contributed by atoms with Gasteiger partial charge in [0.2, 0.25) is 0 Å². The van der Waals surface area contributed by atoms with E-state index in [4.69, 9.17) is 0 Å². The Hall–Kier alpha value is -2.65. The van der Waals surface area contributed by atoms with Gasteiger partial charge in [-0.3, -0.25) is 14.9 Å². The van der Waals surface area contributed by atoms with Crippen molar-refractivity contribution in [3.05, 3.63) is 52.2 Å². The molecule has 1 amide bonds. The van der Waals surface area contributed by atoms with E-state index in [1.165, 1.54) is 23.9 Å². The average Bonchev–Trinajstić information content (AvgIpc) is 2.68. The third-order valence-electron chi connectivity index (χ3n) is 4.50. The van der Waals surface area contributed by atoms with E-state index < -0.39 is 10.8 Å². The molecule has 2 heterocycles. The molecule has 142 valence electrons. The molecule has 0 saturated carbocycles. The van der Waals surface area contributed by atoms with Crippen LogP contribution < -0.4 is 10.2 Å². The summed E-state index contributed by atoms with van der Waals surface area (Å²) in [6.07, 6.45) is 3.56. The second kappa shape index (κ2) is 8.36. The van der Waals surface area contributed by atoms with Crippen molar-refractivity contribution in [1.82, 2.24) is 9.88 Å². The lowest BCUT2D eigenvalue weighted by Gasteiger charge is -2.33. The van der Waals surface area contributed by atoms with Crippen LogP contribution in [0, 0.1) is 10.1 Å². The first kappa shape index (κ1) is 19.1. The molecule has 1 aliphatic heterocycles. The molecule has 0 atom stereocenters. The number of nitro groups is 1. The third-order valence-corrected chi connectivity index (χ3v) is 5.23. The van der Waals surface area contributed by atoms with Gasteiger partial charge >= 0.3 is 0 Å². The number of hydrogen-bond donors (Lipinski definition) is 1. The van der Waals surface area contributed by atoms with Crippen LogP contribution in [0.1, 0.15) is 10.4 Å². The molecule has 1 aromatic carbocycles. The van der Waals surface area contributed by atoms with Crippen molar-refractivity contribution in [3.63, 3.8) is 0 Å². The van der Waals surface area contributed by atoms with Crippen LogP contribution in [0.15, 0.2) is 41.4 Å². The zero-order valence-electron chi connectivity index (χ0n) is 15.2. The van der Waals surface area contributed by atoms with Gasteiger partial charge in [0.25, 0.3) is 11.6 Å². The van der Waals surface area contributed by atoms with Crippen molar-refractivity contribution < 1.29 is 9.72 Å². The van der Waals surface area contributed by atoms with Crippen molar-refractivity contribution in [2.45, 2.75) is 4.90 Å². The summed E-state index contributed by atoms with van der Waals surface area (Å²) >= 11 is 1.42. The van der Waals surface area contributed by atoms with E-state index in [1.54, 1.807) is 18.3 Å². The van der Waals surface area contributed by atoms with Crippen LogP contribution in [0.5, 0.6) is 0 Å². The highest BCUT2D eigenvalue weighted by molar-refractivity contribution is 7.98. The summed E-state index contributed by atoms with van der Waals surface area (Å²) < 4.78 is 0. The SMILES string of the molecule is CSc1ccc([N+](=O)[O-])c(C(=O)Nc2ccc(N3CCN(C)CC3)cn2)c1. The van der Waals surface area contributed by atoms with E-state index in [0.29, 0.717) is 5.82 Å². The lowest BCUT2D eigenvalue weighted by Crippen LogP contribution is -2.44. The van der Waals surface area contributed by atoms with Gasteiger partial charge in [-0.05, 0) is 37.6 Å². The van der Waals surface area contributed by atoms with Crippen molar-refractivity contribution in [1.29, 1.82) is 0 Å². The smallest absolute Gasteiger partial charge is 0.282 e. The zero-order chi connectivity index (χ0) is 19.4. The molecule has 1 aromatic heterocycles. The summed E-state index contributed by atoms with van der Waals surface area (Å²) in [6.45, 7) is 3.84. The number of pyridine rings is 1. The highest BCUT2D eigenvalue weighted by atomic mass is 32.2. The van der Waals surface area contributed by atoms with E-state index in [2.05, 4.69) is 27.1 Å². The van der Waals surface area contributed by atoms with Crippen molar-refractivity contribution in [2.75, 3.05) is 49.7 Å². The predicted molar refractivity (Wildman–Crippen MR) is 107 cm³/mol. The normalized spacial score (nSPS) is 14.8. The number of anilines is 2. The highest BCUT2D eigenvalue weighted by Crippen LogP contribution is 2.26. The summed E-state index contributed by atoms with van der Waals surface area (Å²) in [5, 5.41) is 13.9. The Bertz CT molecular complexity index is 835. The number of piperazine rings is 1. The maximum Gasteiger partial charge on any atom is 0.282 e. The minimum atomic E-state index is -0.553. The molecule has 0 radical (unpaired) electrons. The van der Waals surface area contributed by atoms with E-state index >= 15 is 0 Å². The second-order valence-electron chi connectivity index (χ2n) is 6.29. The molecule has 1 saturated heterocycles. The number of aromatic nitrogens is 1. The number of benzene rings is 1.